The highest BCUT2D eigenvalue weighted by molar-refractivity contribution is 7.89. The van der Waals surface area contributed by atoms with Gasteiger partial charge in [0.05, 0.1) is 7.11 Å². The van der Waals surface area contributed by atoms with Gasteiger partial charge in [-0.1, -0.05) is 12.1 Å². The number of carbonyl (C=O) groups is 1. The summed E-state index contributed by atoms with van der Waals surface area (Å²) in [6.07, 6.45) is 0.524. The fraction of sp³-hybridized carbons (Fsp3) is 0.267. The van der Waals surface area contributed by atoms with Crippen molar-refractivity contribution < 1.29 is 17.9 Å². The third-order valence-electron chi connectivity index (χ3n) is 3.24. The van der Waals surface area contributed by atoms with Crippen LogP contribution in [0.5, 0.6) is 0 Å². The maximum absolute atomic E-state index is 12.5. The molecule has 2 aromatic rings. The quantitative estimate of drug-likeness (QED) is 0.582. The minimum absolute atomic E-state index is 0. The summed E-state index contributed by atoms with van der Waals surface area (Å²) < 4.78 is 32.1. The Hall–Kier alpha value is -1.61. The summed E-state index contributed by atoms with van der Waals surface area (Å²) in [5.41, 5.74) is 7.76. The number of esters is 1. The molecular formula is C15H19ClN2O4S2. The maximum Gasteiger partial charge on any atom is 0.349 e. The third kappa shape index (κ3) is 4.70. The van der Waals surface area contributed by atoms with E-state index in [1.807, 2.05) is 12.1 Å². The summed E-state index contributed by atoms with van der Waals surface area (Å²) in [6.45, 7) is 1.87. The molecule has 2 rings (SSSR count). The van der Waals surface area contributed by atoms with E-state index in [1.54, 1.807) is 24.4 Å². The molecule has 0 aliphatic carbocycles. The van der Waals surface area contributed by atoms with Crippen LogP contribution in [0.2, 0.25) is 0 Å². The fourth-order valence-electron chi connectivity index (χ4n) is 2.09. The van der Waals surface area contributed by atoms with Crippen LogP contribution in [-0.2, 0) is 21.2 Å². The standard InChI is InChI=1S/C15H18N2O4S2.ClH/c1-10-9-22-13(15(18)21-2)14(10)23(19,20)17-8-7-11-3-5-12(16)6-4-11;/h3-6,9,17H,7-8,16H2,1-2H3;1H. The van der Waals surface area contributed by atoms with E-state index in [2.05, 4.69) is 9.46 Å². The van der Waals surface area contributed by atoms with Crippen LogP contribution in [-0.4, -0.2) is 28.0 Å². The van der Waals surface area contributed by atoms with Crippen LogP contribution in [0.25, 0.3) is 0 Å². The molecule has 9 heteroatoms. The Morgan fingerprint density at radius 3 is 2.50 bits per heavy atom. The number of thiophene rings is 1. The Kier molecular flexibility index (Phi) is 7.22. The normalized spacial score (nSPS) is 10.9. The molecule has 24 heavy (non-hydrogen) atoms. The molecule has 0 aliphatic rings. The van der Waals surface area contributed by atoms with Gasteiger partial charge in [-0.3, -0.25) is 0 Å². The van der Waals surface area contributed by atoms with Crippen LogP contribution in [0, 0.1) is 6.92 Å². The fourth-order valence-corrected chi connectivity index (χ4v) is 4.82. The van der Waals surface area contributed by atoms with E-state index in [-0.39, 0.29) is 28.7 Å². The molecule has 0 unspecified atom stereocenters. The Labute approximate surface area is 151 Å². The molecule has 0 saturated carbocycles. The third-order valence-corrected chi connectivity index (χ3v) is 6.10. The number of halogens is 1. The van der Waals surface area contributed by atoms with Crippen molar-refractivity contribution in [2.75, 3.05) is 19.4 Å². The second-order valence-electron chi connectivity index (χ2n) is 4.96. The molecule has 0 atom stereocenters. The topological polar surface area (TPSA) is 98.5 Å². The van der Waals surface area contributed by atoms with Crippen molar-refractivity contribution in [3.63, 3.8) is 0 Å². The molecule has 1 aromatic carbocycles. The summed E-state index contributed by atoms with van der Waals surface area (Å²) in [7, 11) is -2.55. The second-order valence-corrected chi connectivity index (χ2v) is 7.54. The lowest BCUT2D eigenvalue weighted by Gasteiger charge is -2.08. The number of carbonyl (C=O) groups excluding carboxylic acids is 1. The second kappa shape index (κ2) is 8.48. The van der Waals surface area contributed by atoms with E-state index in [9.17, 15) is 13.2 Å². The Morgan fingerprint density at radius 2 is 1.92 bits per heavy atom. The van der Waals surface area contributed by atoms with Crippen LogP contribution < -0.4 is 10.5 Å². The van der Waals surface area contributed by atoms with E-state index in [4.69, 9.17) is 5.73 Å². The summed E-state index contributed by atoms with van der Waals surface area (Å²) in [4.78, 5) is 11.8. The first-order chi connectivity index (χ1) is 10.8. The molecule has 0 bridgehead atoms. The first-order valence-corrected chi connectivity index (χ1v) is 9.22. The van der Waals surface area contributed by atoms with Crippen LogP contribution in [0.4, 0.5) is 5.69 Å². The van der Waals surface area contributed by atoms with Gasteiger partial charge >= 0.3 is 5.97 Å². The maximum atomic E-state index is 12.5. The number of methoxy groups -OCH3 is 1. The van der Waals surface area contributed by atoms with Gasteiger partial charge in [-0.05, 0) is 42.0 Å². The predicted molar refractivity (Wildman–Crippen MR) is 97.4 cm³/mol. The van der Waals surface area contributed by atoms with E-state index < -0.39 is 16.0 Å². The van der Waals surface area contributed by atoms with E-state index in [0.717, 1.165) is 16.9 Å². The van der Waals surface area contributed by atoms with Gasteiger partial charge in [0.15, 0.2) is 0 Å². The molecule has 1 aromatic heterocycles. The highest BCUT2D eigenvalue weighted by atomic mass is 35.5. The number of hydrogen-bond acceptors (Lipinski definition) is 6. The van der Waals surface area contributed by atoms with Crippen molar-refractivity contribution in [1.82, 2.24) is 4.72 Å². The molecule has 132 valence electrons. The van der Waals surface area contributed by atoms with Crippen LogP contribution in [0.15, 0.2) is 34.5 Å². The minimum Gasteiger partial charge on any atom is -0.465 e. The number of sulfonamides is 1. The lowest BCUT2D eigenvalue weighted by atomic mass is 10.1. The molecule has 6 nitrogen and oxygen atoms in total. The van der Waals surface area contributed by atoms with E-state index in [0.29, 0.717) is 17.7 Å². The molecule has 1 heterocycles. The van der Waals surface area contributed by atoms with E-state index >= 15 is 0 Å². The average molecular weight is 391 g/mol. The van der Waals surface area contributed by atoms with Crippen molar-refractivity contribution in [3.05, 3.63) is 45.6 Å². The lowest BCUT2D eigenvalue weighted by Crippen LogP contribution is -2.27. The summed E-state index contributed by atoms with van der Waals surface area (Å²) in [5, 5.41) is 1.63. The monoisotopic (exact) mass is 390 g/mol. The Bertz CT molecular complexity index is 801. The van der Waals surface area contributed by atoms with Crippen LogP contribution >= 0.6 is 23.7 Å². The van der Waals surface area contributed by atoms with Crippen molar-refractivity contribution in [2.45, 2.75) is 18.2 Å². The molecular weight excluding hydrogens is 372 g/mol. The van der Waals surface area contributed by atoms with Gasteiger partial charge in [0.1, 0.15) is 9.77 Å². The predicted octanol–water partition coefficient (Wildman–Crippen LogP) is 2.37. The Balaban J connectivity index is 0.00000288. The van der Waals surface area contributed by atoms with Crippen LogP contribution in [0.1, 0.15) is 20.8 Å². The molecule has 0 fully saturated rings. The molecule has 3 N–H and O–H groups in total. The average Bonchev–Trinajstić information content (AvgIpc) is 2.91. The highest BCUT2D eigenvalue weighted by Crippen LogP contribution is 2.27. The number of benzene rings is 1. The zero-order chi connectivity index (χ0) is 17.0. The smallest absolute Gasteiger partial charge is 0.349 e. The van der Waals surface area contributed by atoms with Crippen molar-refractivity contribution in [2.24, 2.45) is 0 Å². The lowest BCUT2D eigenvalue weighted by molar-refractivity contribution is 0.0602. The van der Waals surface area contributed by atoms with Gasteiger partial charge in [-0.15, -0.1) is 23.7 Å². The molecule has 0 saturated heterocycles. The molecule has 0 amide bonds. The zero-order valence-electron chi connectivity index (χ0n) is 13.2. The largest absolute Gasteiger partial charge is 0.465 e. The van der Waals surface area contributed by atoms with Gasteiger partial charge in [0.25, 0.3) is 0 Å². The number of nitrogens with one attached hydrogen (secondary N) is 1. The first kappa shape index (κ1) is 20.4. The number of hydrogen-bond donors (Lipinski definition) is 2. The van der Waals surface area contributed by atoms with Crippen molar-refractivity contribution in [3.8, 4) is 0 Å². The van der Waals surface area contributed by atoms with Gasteiger partial charge < -0.3 is 10.5 Å². The van der Waals surface area contributed by atoms with Crippen molar-refractivity contribution >= 4 is 45.4 Å². The number of nitrogen functional groups attached to an aromatic ring is 1. The van der Waals surface area contributed by atoms with E-state index in [1.165, 1.54) is 7.11 Å². The molecule has 0 spiro atoms. The van der Waals surface area contributed by atoms with Gasteiger partial charge in [-0.25, -0.2) is 17.9 Å². The van der Waals surface area contributed by atoms with Crippen LogP contribution in [0.3, 0.4) is 0 Å². The number of rotatable bonds is 6. The first-order valence-electron chi connectivity index (χ1n) is 6.85. The summed E-state index contributed by atoms with van der Waals surface area (Å²) >= 11 is 1.06. The zero-order valence-corrected chi connectivity index (χ0v) is 15.7. The number of ether oxygens (including phenoxy) is 1. The summed E-state index contributed by atoms with van der Waals surface area (Å²) in [5.74, 6) is -0.651. The number of nitrogens with two attached hydrogens (primary N) is 1. The summed E-state index contributed by atoms with van der Waals surface area (Å²) in [6, 6.07) is 7.23. The minimum atomic E-state index is -3.78. The SMILES string of the molecule is COC(=O)c1scc(C)c1S(=O)(=O)NCCc1ccc(N)cc1.Cl. The molecule has 0 aliphatic heterocycles. The number of aryl methyl sites for hydroxylation is 1. The number of anilines is 1. The Morgan fingerprint density at radius 1 is 1.29 bits per heavy atom. The van der Waals surface area contributed by atoms with Gasteiger partial charge in [0.2, 0.25) is 10.0 Å². The highest BCUT2D eigenvalue weighted by Gasteiger charge is 2.27. The van der Waals surface area contributed by atoms with Gasteiger partial charge in [-0.2, -0.15) is 0 Å². The molecule has 0 radical (unpaired) electrons. The van der Waals surface area contributed by atoms with Gasteiger partial charge in [0, 0.05) is 12.2 Å². The van der Waals surface area contributed by atoms with Crippen molar-refractivity contribution in [1.29, 1.82) is 0 Å².